The minimum Gasteiger partial charge on any atom is -0.504 e. The minimum absolute atomic E-state index is 0.0666. The van der Waals surface area contributed by atoms with E-state index in [0.717, 1.165) is 15.5 Å². The van der Waals surface area contributed by atoms with Gasteiger partial charge in [0.25, 0.3) is 11.8 Å². The van der Waals surface area contributed by atoms with Crippen molar-refractivity contribution in [1.82, 2.24) is 5.01 Å². The number of carboxylic acid groups (broad SMARTS) is 1. The second-order valence-corrected chi connectivity index (χ2v) is 14.1. The predicted octanol–water partition coefficient (Wildman–Crippen LogP) is 5.99. The molecular formula is C42H37N3O8. The summed E-state index contributed by atoms with van der Waals surface area (Å²) in [6.45, 7) is 4.00. The van der Waals surface area contributed by atoms with Crippen LogP contribution in [0.2, 0.25) is 0 Å². The number of benzene rings is 4. The molecule has 3 N–H and O–H groups in total. The summed E-state index contributed by atoms with van der Waals surface area (Å²) in [4.78, 5) is 71.6. The smallest absolute Gasteiger partial charge is 0.335 e. The Hall–Kier alpha value is -6.23. The number of phenols is 1. The highest BCUT2D eigenvalue weighted by atomic mass is 16.5. The van der Waals surface area contributed by atoms with Gasteiger partial charge in [0.2, 0.25) is 11.8 Å². The van der Waals surface area contributed by atoms with Crippen molar-refractivity contribution in [1.29, 1.82) is 0 Å². The molecule has 2 saturated heterocycles. The first-order valence-corrected chi connectivity index (χ1v) is 17.7. The van der Waals surface area contributed by atoms with Crippen LogP contribution < -0.4 is 15.1 Å². The Morgan fingerprint density at radius 1 is 0.887 bits per heavy atom. The molecule has 6 atom stereocenters. The maximum absolute atomic E-state index is 15.3. The van der Waals surface area contributed by atoms with Crippen LogP contribution in [0.3, 0.4) is 0 Å². The highest BCUT2D eigenvalue weighted by Crippen LogP contribution is 2.65. The highest BCUT2D eigenvalue weighted by molar-refractivity contribution is 6.23. The summed E-state index contributed by atoms with van der Waals surface area (Å²) >= 11 is 0. The molecule has 2 aliphatic carbocycles. The fourth-order valence-corrected chi connectivity index (χ4v) is 9.17. The number of anilines is 2. The zero-order chi connectivity index (χ0) is 37.2. The average molecular weight is 712 g/mol. The van der Waals surface area contributed by atoms with Gasteiger partial charge in [0.05, 0.1) is 46.7 Å². The molecule has 4 aromatic carbocycles. The summed E-state index contributed by atoms with van der Waals surface area (Å²) in [5.74, 6) is -7.40. The number of para-hydroxylation sites is 1. The van der Waals surface area contributed by atoms with Gasteiger partial charge in [-0.05, 0) is 74.6 Å². The first kappa shape index (κ1) is 33.9. The number of hydrogen-bond donors (Lipinski definition) is 3. The van der Waals surface area contributed by atoms with E-state index in [0.29, 0.717) is 22.4 Å². The van der Waals surface area contributed by atoms with E-state index in [1.807, 2.05) is 55.5 Å². The van der Waals surface area contributed by atoms with Crippen LogP contribution in [0.25, 0.3) is 0 Å². The van der Waals surface area contributed by atoms with Crippen LogP contribution in [0.1, 0.15) is 52.7 Å². The average Bonchev–Trinajstić information content (AvgIpc) is 3.54. The van der Waals surface area contributed by atoms with Crippen molar-refractivity contribution in [2.75, 3.05) is 16.9 Å². The first-order chi connectivity index (χ1) is 25.6. The number of imide groups is 2. The molecule has 2 aliphatic heterocycles. The molecule has 0 radical (unpaired) electrons. The van der Waals surface area contributed by atoms with E-state index in [-0.39, 0.29) is 42.2 Å². The Balaban J connectivity index is 1.32. The molecule has 3 fully saturated rings. The topological polar surface area (TPSA) is 154 Å². The van der Waals surface area contributed by atoms with E-state index in [1.165, 1.54) is 24.3 Å². The van der Waals surface area contributed by atoms with Crippen LogP contribution in [0.15, 0.2) is 109 Å². The minimum atomic E-state index is -1.56. The van der Waals surface area contributed by atoms with Gasteiger partial charge in [-0.25, -0.2) is 4.79 Å². The Labute approximate surface area is 305 Å². The summed E-state index contributed by atoms with van der Waals surface area (Å²) in [5.41, 5.74) is 4.75. The molecule has 2 heterocycles. The molecule has 4 aliphatic rings. The number of amides is 4. The second kappa shape index (κ2) is 12.8. The van der Waals surface area contributed by atoms with E-state index >= 15 is 4.79 Å². The van der Waals surface area contributed by atoms with E-state index in [9.17, 15) is 29.4 Å². The third-order valence-electron chi connectivity index (χ3n) is 11.4. The largest absolute Gasteiger partial charge is 0.504 e. The number of ether oxygens (including phenoxy) is 1. The van der Waals surface area contributed by atoms with Crippen LogP contribution in [-0.2, 0) is 24.6 Å². The number of aromatic hydroxyl groups is 1. The van der Waals surface area contributed by atoms with Crippen LogP contribution in [0.4, 0.5) is 11.4 Å². The lowest BCUT2D eigenvalue weighted by atomic mass is 9.49. The lowest BCUT2D eigenvalue weighted by Gasteiger charge is -2.50. The molecule has 11 nitrogen and oxygen atoms in total. The standard InChI is InChI=1S/C42H37N3O8/c1-3-53-33-14-8-13-30(36(33)46)35-28-19-20-29-34(39(49)44(37(29)47)27-12-7-9-24(21-27)40(50)51)31(28)22-32-38(48)45(43-26-17-15-23(2)16-18-26)41(52)42(32,35)25-10-5-4-6-11-25/h4-19,21,29,31-32,34-35,43,46H,3,20,22H2,1-2H3,(H,50,51). The number of fused-ring (bicyclic) bond motifs is 4. The molecule has 268 valence electrons. The second-order valence-electron chi connectivity index (χ2n) is 14.1. The molecule has 0 aromatic heterocycles. The van der Waals surface area contributed by atoms with Gasteiger partial charge in [0.15, 0.2) is 11.5 Å². The zero-order valence-corrected chi connectivity index (χ0v) is 29.1. The first-order valence-electron chi connectivity index (χ1n) is 17.7. The third-order valence-corrected chi connectivity index (χ3v) is 11.4. The monoisotopic (exact) mass is 711 g/mol. The number of hydrazine groups is 1. The number of nitrogens with zero attached hydrogens (tertiary/aromatic N) is 2. The zero-order valence-electron chi connectivity index (χ0n) is 29.1. The van der Waals surface area contributed by atoms with Crippen LogP contribution >= 0.6 is 0 Å². The lowest BCUT2D eigenvalue weighted by Crippen LogP contribution is -2.53. The van der Waals surface area contributed by atoms with E-state index in [2.05, 4.69) is 5.43 Å². The van der Waals surface area contributed by atoms with Crippen molar-refractivity contribution in [2.24, 2.45) is 23.7 Å². The maximum atomic E-state index is 15.3. The number of allylic oxidation sites excluding steroid dienone is 2. The predicted molar refractivity (Wildman–Crippen MR) is 194 cm³/mol. The lowest BCUT2D eigenvalue weighted by molar-refractivity contribution is -0.138. The number of carbonyl (C=O) groups is 5. The van der Waals surface area contributed by atoms with Gasteiger partial charge in [0, 0.05) is 11.5 Å². The van der Waals surface area contributed by atoms with Gasteiger partial charge >= 0.3 is 5.97 Å². The van der Waals surface area contributed by atoms with Gasteiger partial charge in [0.1, 0.15) is 0 Å². The van der Waals surface area contributed by atoms with Gasteiger partial charge in [-0.15, -0.1) is 0 Å². The van der Waals surface area contributed by atoms with Crippen molar-refractivity contribution in [3.63, 3.8) is 0 Å². The van der Waals surface area contributed by atoms with Crippen molar-refractivity contribution >= 4 is 41.0 Å². The van der Waals surface area contributed by atoms with Crippen molar-refractivity contribution in [2.45, 2.75) is 38.0 Å². The molecule has 1 saturated carbocycles. The number of carbonyl (C=O) groups excluding carboxylic acids is 4. The summed E-state index contributed by atoms with van der Waals surface area (Å²) < 4.78 is 5.81. The third kappa shape index (κ3) is 5.05. The molecule has 6 unspecified atom stereocenters. The van der Waals surface area contributed by atoms with Gasteiger partial charge in [-0.1, -0.05) is 77.9 Å². The Bertz CT molecular complexity index is 2220. The van der Waals surface area contributed by atoms with Crippen LogP contribution in [-0.4, -0.2) is 51.4 Å². The number of phenolic OH excluding ortho intramolecular Hbond substituents is 1. The normalized spacial score (nSPS) is 26.2. The fourth-order valence-electron chi connectivity index (χ4n) is 9.17. The highest BCUT2D eigenvalue weighted by Gasteiger charge is 2.70. The number of hydrogen-bond acceptors (Lipinski definition) is 8. The summed E-state index contributed by atoms with van der Waals surface area (Å²) in [6, 6.07) is 27.2. The summed E-state index contributed by atoms with van der Waals surface area (Å²) in [5, 5.41) is 22.6. The summed E-state index contributed by atoms with van der Waals surface area (Å²) in [7, 11) is 0. The van der Waals surface area contributed by atoms with Crippen molar-refractivity contribution in [3.05, 3.63) is 131 Å². The fraction of sp³-hybridized carbons (Fsp3) is 0.262. The summed E-state index contributed by atoms with van der Waals surface area (Å²) in [6.07, 6.45) is 2.14. The van der Waals surface area contributed by atoms with Gasteiger partial charge in [-0.3, -0.25) is 29.5 Å². The number of aryl methyl sites for hydroxylation is 1. The quantitative estimate of drug-likeness (QED) is 0.148. The van der Waals surface area contributed by atoms with Crippen molar-refractivity contribution in [3.8, 4) is 11.5 Å². The number of nitrogens with one attached hydrogen (secondary N) is 1. The van der Waals surface area contributed by atoms with E-state index < -0.39 is 64.6 Å². The van der Waals surface area contributed by atoms with E-state index in [4.69, 9.17) is 4.74 Å². The van der Waals surface area contributed by atoms with E-state index in [1.54, 1.807) is 37.3 Å². The van der Waals surface area contributed by atoms with Gasteiger partial charge < -0.3 is 14.9 Å². The van der Waals surface area contributed by atoms with Crippen LogP contribution in [0.5, 0.6) is 11.5 Å². The Kier molecular flexibility index (Phi) is 8.16. The Morgan fingerprint density at radius 2 is 1.62 bits per heavy atom. The molecule has 4 aromatic rings. The molecule has 0 spiro atoms. The SMILES string of the molecule is CCOc1cccc(C2C3=CCC4C(=O)N(c5cccc(C(=O)O)c5)C(=O)C4C3CC3C(=O)N(Nc4ccc(C)cc4)C(=O)C32c2ccccc2)c1O. The molecule has 11 heteroatoms. The van der Waals surface area contributed by atoms with Crippen molar-refractivity contribution < 1.29 is 38.9 Å². The van der Waals surface area contributed by atoms with Crippen LogP contribution in [0, 0.1) is 30.6 Å². The maximum Gasteiger partial charge on any atom is 0.335 e. The molecular weight excluding hydrogens is 674 g/mol. The number of carboxylic acids is 1. The molecule has 8 rings (SSSR count). The Morgan fingerprint density at radius 3 is 2.34 bits per heavy atom. The van der Waals surface area contributed by atoms with Gasteiger partial charge in [-0.2, -0.15) is 5.01 Å². The molecule has 53 heavy (non-hydrogen) atoms. The molecule has 4 amide bonds. The number of aromatic carboxylic acids is 1. The number of rotatable bonds is 8. The molecule has 0 bridgehead atoms.